The van der Waals surface area contributed by atoms with Gasteiger partial charge in [0.1, 0.15) is 5.75 Å². The summed E-state index contributed by atoms with van der Waals surface area (Å²) in [7, 11) is 4.11. The van der Waals surface area contributed by atoms with Crippen LogP contribution in [0.2, 0.25) is 0 Å². The van der Waals surface area contributed by atoms with Gasteiger partial charge in [-0.2, -0.15) is 0 Å². The number of hydrogen-bond acceptors (Lipinski definition) is 5. The van der Waals surface area contributed by atoms with Crippen LogP contribution in [0.15, 0.2) is 42.5 Å². The Kier molecular flexibility index (Phi) is 6.25. The largest absolute Gasteiger partial charge is 0.496 e. The number of fused-ring (bicyclic) bond motifs is 1. The van der Waals surface area contributed by atoms with E-state index in [0.29, 0.717) is 16.8 Å². The average Bonchev–Trinajstić information content (AvgIpc) is 2.78. The van der Waals surface area contributed by atoms with Crippen LogP contribution >= 0.6 is 0 Å². The van der Waals surface area contributed by atoms with Gasteiger partial charge in [-0.25, -0.2) is 9.18 Å². The van der Waals surface area contributed by atoms with Crippen molar-refractivity contribution < 1.29 is 23.5 Å². The Labute approximate surface area is 185 Å². The lowest BCUT2D eigenvalue weighted by molar-refractivity contribution is -0.146. The first-order valence-corrected chi connectivity index (χ1v) is 9.91. The molecule has 0 aliphatic heterocycles. The van der Waals surface area contributed by atoms with Crippen LogP contribution in [0.25, 0.3) is 21.9 Å². The van der Waals surface area contributed by atoms with Crippen molar-refractivity contribution in [1.82, 2.24) is 5.32 Å². The molecule has 3 aromatic carbocycles. The number of nitrogens with two attached hydrogens (primary N) is 1. The second kappa shape index (κ2) is 8.74. The minimum absolute atomic E-state index is 0.0930. The zero-order chi connectivity index (χ0) is 23.6. The Morgan fingerprint density at radius 2 is 1.69 bits per heavy atom. The number of benzene rings is 3. The zero-order valence-electron chi connectivity index (χ0n) is 18.6. The molecule has 0 bridgehead atoms. The minimum atomic E-state index is -1.19. The predicted octanol–water partition coefficient (Wildman–Crippen LogP) is 4.44. The first kappa shape index (κ1) is 22.9. The van der Waals surface area contributed by atoms with E-state index in [0.717, 1.165) is 10.8 Å². The highest BCUT2D eigenvalue weighted by atomic mass is 19.1. The number of halogens is 1. The molecule has 2 amide bonds. The third kappa shape index (κ3) is 4.03. The van der Waals surface area contributed by atoms with Crippen LogP contribution in [-0.4, -0.2) is 33.3 Å². The van der Waals surface area contributed by atoms with Crippen LogP contribution in [0.3, 0.4) is 0 Å². The molecule has 0 atom stereocenters. The van der Waals surface area contributed by atoms with Crippen molar-refractivity contribution in [2.75, 3.05) is 32.3 Å². The van der Waals surface area contributed by atoms with Gasteiger partial charge in [-0.1, -0.05) is 18.2 Å². The Morgan fingerprint density at radius 3 is 2.31 bits per heavy atom. The van der Waals surface area contributed by atoms with E-state index in [4.69, 9.17) is 15.2 Å². The quantitative estimate of drug-likeness (QED) is 0.403. The number of ether oxygens (including phenoxy) is 2. The standard InChI is InChI=1S/C24H26FN3O4/c1-24(2,22(29)32-5)17-12-18(28-23(30)27-3)20(25)19(21(17)31-4)15-7-6-14-11-16(26)9-8-13(14)10-15/h6-12H,26H2,1-5H3,(H2,27,28,30). The summed E-state index contributed by atoms with van der Waals surface area (Å²) in [6.07, 6.45) is 0. The number of carbonyl (C=O) groups excluding carboxylic acids is 2. The molecule has 7 nitrogen and oxygen atoms in total. The Hall–Kier alpha value is -3.81. The number of anilines is 2. The highest BCUT2D eigenvalue weighted by Crippen LogP contribution is 2.45. The number of nitrogen functional groups attached to an aromatic ring is 1. The summed E-state index contributed by atoms with van der Waals surface area (Å²) in [5, 5.41) is 6.62. The summed E-state index contributed by atoms with van der Waals surface area (Å²) < 4.78 is 26.3. The van der Waals surface area contributed by atoms with Gasteiger partial charge in [0.2, 0.25) is 0 Å². The first-order chi connectivity index (χ1) is 15.1. The van der Waals surface area contributed by atoms with Gasteiger partial charge in [0.25, 0.3) is 0 Å². The summed E-state index contributed by atoms with van der Waals surface area (Å²) in [5.41, 5.74) is 6.20. The molecule has 0 saturated carbocycles. The van der Waals surface area contributed by atoms with Crippen molar-refractivity contribution in [2.45, 2.75) is 19.3 Å². The molecule has 8 heteroatoms. The Morgan fingerprint density at radius 1 is 1.03 bits per heavy atom. The number of nitrogens with one attached hydrogen (secondary N) is 2. The SMILES string of the molecule is CNC(=O)Nc1cc(C(C)(C)C(=O)OC)c(OC)c(-c2ccc3cc(N)ccc3c2)c1F. The van der Waals surface area contributed by atoms with Crippen LogP contribution in [0.1, 0.15) is 19.4 Å². The second-order valence-corrected chi connectivity index (χ2v) is 7.84. The number of hydrogen-bond donors (Lipinski definition) is 3. The van der Waals surface area contributed by atoms with E-state index in [-0.39, 0.29) is 17.0 Å². The normalized spacial score (nSPS) is 11.2. The van der Waals surface area contributed by atoms with Crippen molar-refractivity contribution in [3.8, 4) is 16.9 Å². The van der Waals surface area contributed by atoms with Gasteiger partial charge >= 0.3 is 12.0 Å². The van der Waals surface area contributed by atoms with Crippen LogP contribution in [0.4, 0.5) is 20.6 Å². The summed E-state index contributed by atoms with van der Waals surface area (Å²) >= 11 is 0. The Bertz CT molecular complexity index is 1210. The summed E-state index contributed by atoms with van der Waals surface area (Å²) in [4.78, 5) is 24.5. The number of amides is 2. The molecule has 168 valence electrons. The highest BCUT2D eigenvalue weighted by molar-refractivity contribution is 5.95. The summed E-state index contributed by atoms with van der Waals surface area (Å²) in [6.45, 7) is 3.29. The molecule has 3 aromatic rings. The lowest BCUT2D eigenvalue weighted by Gasteiger charge is -2.27. The van der Waals surface area contributed by atoms with E-state index in [1.54, 1.807) is 32.0 Å². The fourth-order valence-corrected chi connectivity index (χ4v) is 3.64. The molecule has 0 saturated heterocycles. The van der Waals surface area contributed by atoms with Crippen molar-refractivity contribution in [3.05, 3.63) is 53.8 Å². The molecular weight excluding hydrogens is 413 g/mol. The fraction of sp³-hybridized carbons (Fsp3) is 0.250. The molecule has 0 unspecified atom stereocenters. The molecule has 0 radical (unpaired) electrons. The van der Waals surface area contributed by atoms with E-state index >= 15 is 4.39 Å². The first-order valence-electron chi connectivity index (χ1n) is 9.91. The van der Waals surface area contributed by atoms with E-state index < -0.39 is 23.2 Å². The van der Waals surface area contributed by atoms with Crippen LogP contribution in [0.5, 0.6) is 5.75 Å². The van der Waals surface area contributed by atoms with Gasteiger partial charge in [-0.3, -0.25) is 4.79 Å². The number of urea groups is 1. The number of esters is 1. The van der Waals surface area contributed by atoms with E-state index in [2.05, 4.69) is 10.6 Å². The van der Waals surface area contributed by atoms with Gasteiger partial charge < -0.3 is 25.8 Å². The van der Waals surface area contributed by atoms with Gasteiger partial charge in [0.05, 0.1) is 30.9 Å². The highest BCUT2D eigenvalue weighted by Gasteiger charge is 2.37. The van der Waals surface area contributed by atoms with Crippen LogP contribution in [0, 0.1) is 5.82 Å². The number of rotatable bonds is 5. The maximum Gasteiger partial charge on any atom is 0.319 e. The van der Waals surface area contributed by atoms with Gasteiger partial charge in [0, 0.05) is 18.3 Å². The van der Waals surface area contributed by atoms with Crippen molar-refractivity contribution in [3.63, 3.8) is 0 Å². The molecule has 3 rings (SSSR count). The molecule has 0 aromatic heterocycles. The lowest BCUT2D eigenvalue weighted by Crippen LogP contribution is -2.32. The minimum Gasteiger partial charge on any atom is -0.496 e. The molecule has 0 aliphatic rings. The summed E-state index contributed by atoms with van der Waals surface area (Å²) in [6, 6.07) is 11.6. The Balaban J connectivity index is 2.36. The molecule has 0 aliphatic carbocycles. The number of carbonyl (C=O) groups is 2. The van der Waals surface area contributed by atoms with Crippen molar-refractivity contribution in [1.29, 1.82) is 0 Å². The molecule has 32 heavy (non-hydrogen) atoms. The molecule has 0 heterocycles. The molecule has 0 fully saturated rings. The van der Waals surface area contributed by atoms with Crippen molar-refractivity contribution in [2.24, 2.45) is 0 Å². The molecular formula is C24H26FN3O4. The second-order valence-electron chi connectivity index (χ2n) is 7.84. The van der Waals surface area contributed by atoms with Crippen molar-refractivity contribution >= 4 is 34.1 Å². The fourth-order valence-electron chi connectivity index (χ4n) is 3.64. The lowest BCUT2D eigenvalue weighted by atomic mass is 9.81. The van der Waals surface area contributed by atoms with Gasteiger partial charge in [-0.15, -0.1) is 0 Å². The molecule has 0 spiro atoms. The van der Waals surface area contributed by atoms with Crippen LogP contribution < -0.4 is 21.1 Å². The van der Waals surface area contributed by atoms with E-state index in [1.807, 2.05) is 18.2 Å². The predicted molar refractivity (Wildman–Crippen MR) is 123 cm³/mol. The zero-order valence-corrected chi connectivity index (χ0v) is 18.6. The van der Waals surface area contributed by atoms with E-state index in [9.17, 15) is 9.59 Å². The topological polar surface area (TPSA) is 103 Å². The monoisotopic (exact) mass is 439 g/mol. The smallest absolute Gasteiger partial charge is 0.319 e. The molecule has 4 N–H and O–H groups in total. The van der Waals surface area contributed by atoms with Gasteiger partial charge in [-0.05, 0) is 54.4 Å². The maximum atomic E-state index is 15.8. The third-order valence-electron chi connectivity index (χ3n) is 5.42. The number of methoxy groups -OCH3 is 2. The van der Waals surface area contributed by atoms with E-state index in [1.165, 1.54) is 27.3 Å². The third-order valence-corrected chi connectivity index (χ3v) is 5.42. The summed E-state index contributed by atoms with van der Waals surface area (Å²) in [5.74, 6) is -1.05. The van der Waals surface area contributed by atoms with Gasteiger partial charge in [0.15, 0.2) is 5.82 Å². The van der Waals surface area contributed by atoms with Crippen LogP contribution in [-0.2, 0) is 14.9 Å². The maximum absolute atomic E-state index is 15.8. The average molecular weight is 439 g/mol.